The van der Waals surface area contributed by atoms with E-state index in [4.69, 9.17) is 9.47 Å². The minimum Gasteiger partial charge on any atom is -0.365 e. The Hall–Kier alpha value is -0.160. The molecule has 0 aromatic heterocycles. The van der Waals surface area contributed by atoms with Crippen LogP contribution in [-0.4, -0.2) is 44.3 Å². The summed E-state index contributed by atoms with van der Waals surface area (Å²) < 4.78 is 10.5. The Balaban J connectivity index is 1.85. The molecule has 2 aliphatic heterocycles. The van der Waals surface area contributed by atoms with Crippen molar-refractivity contribution in [3.8, 4) is 0 Å². The predicted octanol–water partition coefficient (Wildman–Crippen LogP) is -0.806. The molecule has 4 nitrogen and oxygen atoms in total. The fourth-order valence-electron chi connectivity index (χ4n) is 1.20. The molecule has 0 aliphatic carbocycles. The summed E-state index contributed by atoms with van der Waals surface area (Å²) in [6.45, 7) is 4.04. The van der Waals surface area contributed by atoms with E-state index in [1.807, 2.05) is 0 Å². The van der Waals surface area contributed by atoms with E-state index in [0.29, 0.717) is 6.73 Å². The molecule has 2 fully saturated rings. The highest BCUT2D eigenvalue weighted by atomic mass is 16.5. The predicted molar refractivity (Wildman–Crippen MR) is 34.3 cm³/mol. The number of rotatable bonds is 1. The zero-order chi connectivity index (χ0) is 6.81. The highest BCUT2D eigenvalue weighted by molar-refractivity contribution is 4.66. The molecule has 0 saturated carbocycles. The van der Waals surface area contributed by atoms with Crippen LogP contribution in [0.25, 0.3) is 0 Å². The van der Waals surface area contributed by atoms with Crippen LogP contribution in [0.4, 0.5) is 0 Å². The first-order chi connectivity index (χ1) is 4.97. The van der Waals surface area contributed by atoms with E-state index in [1.54, 1.807) is 0 Å². The Morgan fingerprint density at radius 3 is 3.00 bits per heavy atom. The smallest absolute Gasteiger partial charge is 0.183 e. The van der Waals surface area contributed by atoms with E-state index >= 15 is 0 Å². The Morgan fingerprint density at radius 1 is 1.40 bits per heavy atom. The van der Waals surface area contributed by atoms with E-state index in [0.717, 1.165) is 26.3 Å². The highest BCUT2D eigenvalue weighted by Gasteiger charge is 2.26. The molecule has 2 aliphatic rings. The molecule has 57 valence electrons. The summed E-state index contributed by atoms with van der Waals surface area (Å²) in [6, 6.07) is 0. The van der Waals surface area contributed by atoms with Crippen LogP contribution in [0.1, 0.15) is 0 Å². The average Bonchev–Trinajstić information content (AvgIpc) is 2.59. The lowest BCUT2D eigenvalue weighted by Crippen LogP contribution is -2.37. The summed E-state index contributed by atoms with van der Waals surface area (Å²) in [5, 5.41) is 4.24. The lowest BCUT2D eigenvalue weighted by molar-refractivity contribution is -0.0405. The third-order valence-corrected chi connectivity index (χ3v) is 1.74. The molecule has 0 aromatic rings. The van der Waals surface area contributed by atoms with Gasteiger partial charge in [-0.2, -0.15) is 5.32 Å². The van der Waals surface area contributed by atoms with Crippen LogP contribution in [0.3, 0.4) is 0 Å². The monoisotopic (exact) mass is 143 g/mol. The van der Waals surface area contributed by atoms with Crippen molar-refractivity contribution in [2.45, 2.75) is 6.35 Å². The van der Waals surface area contributed by atoms with E-state index < -0.39 is 0 Å². The molecule has 0 spiro atoms. The van der Waals surface area contributed by atoms with Crippen molar-refractivity contribution in [3.05, 3.63) is 0 Å². The maximum Gasteiger partial charge on any atom is 0.183 e. The lowest BCUT2D eigenvalue weighted by Gasteiger charge is -2.18. The van der Waals surface area contributed by atoms with Gasteiger partial charge in [0.05, 0.1) is 13.2 Å². The molecule has 2 heterocycles. The highest BCUT2D eigenvalue weighted by Crippen LogP contribution is 2.08. The van der Waals surface area contributed by atoms with Crippen molar-refractivity contribution in [1.82, 2.24) is 10.2 Å². The van der Waals surface area contributed by atoms with Crippen LogP contribution in [0.15, 0.2) is 0 Å². The first-order valence-electron chi connectivity index (χ1n) is 3.57. The first-order valence-corrected chi connectivity index (χ1v) is 3.57. The van der Waals surface area contributed by atoms with Crippen LogP contribution in [-0.2, 0) is 9.47 Å². The standard InChI is InChI=1S/C6H11N2O2/c1-3-10-6(7-1)8-2-4-9-5-8/h6H,1-5H2. The summed E-state index contributed by atoms with van der Waals surface area (Å²) in [7, 11) is 0. The van der Waals surface area contributed by atoms with Gasteiger partial charge in [0, 0.05) is 13.1 Å². The molecule has 1 radical (unpaired) electrons. The summed E-state index contributed by atoms with van der Waals surface area (Å²) in [6.07, 6.45) is -0.0116. The number of hydrogen-bond acceptors (Lipinski definition) is 3. The van der Waals surface area contributed by atoms with Gasteiger partial charge in [-0.1, -0.05) is 0 Å². The number of hydrogen-bond donors (Lipinski definition) is 0. The van der Waals surface area contributed by atoms with Gasteiger partial charge >= 0.3 is 0 Å². The molecule has 2 rings (SSSR count). The Morgan fingerprint density at radius 2 is 2.40 bits per heavy atom. The van der Waals surface area contributed by atoms with E-state index in [1.165, 1.54) is 0 Å². The molecule has 10 heavy (non-hydrogen) atoms. The van der Waals surface area contributed by atoms with Crippen LogP contribution in [0, 0.1) is 0 Å². The van der Waals surface area contributed by atoms with Gasteiger partial charge in [0.25, 0.3) is 0 Å². The summed E-state index contributed by atoms with van der Waals surface area (Å²) in [4.78, 5) is 2.09. The molecule has 2 saturated heterocycles. The fraction of sp³-hybridized carbons (Fsp3) is 1.00. The summed E-state index contributed by atoms with van der Waals surface area (Å²) in [5.41, 5.74) is 0. The van der Waals surface area contributed by atoms with Gasteiger partial charge in [0.1, 0.15) is 6.73 Å². The van der Waals surface area contributed by atoms with Crippen molar-refractivity contribution in [2.75, 3.05) is 33.0 Å². The summed E-state index contributed by atoms with van der Waals surface area (Å²) in [5.74, 6) is 0. The molecule has 0 N–H and O–H groups in total. The van der Waals surface area contributed by atoms with Gasteiger partial charge in [0.2, 0.25) is 0 Å². The second kappa shape index (κ2) is 2.84. The van der Waals surface area contributed by atoms with Gasteiger partial charge in [-0.25, -0.2) is 4.90 Å². The molecule has 4 heteroatoms. The van der Waals surface area contributed by atoms with Crippen LogP contribution in [0.5, 0.6) is 0 Å². The van der Waals surface area contributed by atoms with Crippen molar-refractivity contribution in [3.63, 3.8) is 0 Å². The van der Waals surface area contributed by atoms with Gasteiger partial charge in [-0.05, 0) is 0 Å². The molecule has 0 aromatic carbocycles. The van der Waals surface area contributed by atoms with Gasteiger partial charge < -0.3 is 9.47 Å². The first kappa shape index (κ1) is 6.54. The third kappa shape index (κ3) is 1.15. The van der Waals surface area contributed by atoms with E-state index in [-0.39, 0.29) is 6.35 Å². The summed E-state index contributed by atoms with van der Waals surface area (Å²) >= 11 is 0. The fourth-order valence-corrected chi connectivity index (χ4v) is 1.20. The Kier molecular flexibility index (Phi) is 1.86. The zero-order valence-electron chi connectivity index (χ0n) is 5.82. The Labute approximate surface area is 60.1 Å². The second-order valence-electron chi connectivity index (χ2n) is 2.45. The van der Waals surface area contributed by atoms with E-state index in [2.05, 4.69) is 10.2 Å². The molecular weight excluding hydrogens is 132 g/mol. The quantitative estimate of drug-likeness (QED) is 0.482. The molecule has 1 atom stereocenters. The number of ether oxygens (including phenoxy) is 2. The van der Waals surface area contributed by atoms with Crippen molar-refractivity contribution >= 4 is 0 Å². The SMILES string of the molecule is C1COC(N2CCOC2)[N]1. The Bertz CT molecular complexity index is 94.3. The van der Waals surface area contributed by atoms with Crippen LogP contribution >= 0.6 is 0 Å². The van der Waals surface area contributed by atoms with E-state index in [9.17, 15) is 0 Å². The van der Waals surface area contributed by atoms with Crippen molar-refractivity contribution in [1.29, 1.82) is 0 Å². The topological polar surface area (TPSA) is 35.8 Å². The maximum absolute atomic E-state index is 5.32. The van der Waals surface area contributed by atoms with Crippen molar-refractivity contribution < 1.29 is 9.47 Å². The lowest BCUT2D eigenvalue weighted by atomic mass is 10.6. The van der Waals surface area contributed by atoms with Crippen molar-refractivity contribution in [2.24, 2.45) is 0 Å². The molecular formula is C6H11N2O2. The van der Waals surface area contributed by atoms with Gasteiger partial charge in [-0.15, -0.1) is 0 Å². The average molecular weight is 143 g/mol. The third-order valence-electron chi connectivity index (χ3n) is 1.74. The molecule has 1 unspecified atom stereocenters. The van der Waals surface area contributed by atoms with Crippen LogP contribution < -0.4 is 5.32 Å². The largest absolute Gasteiger partial charge is 0.365 e. The van der Waals surface area contributed by atoms with Crippen LogP contribution in [0.2, 0.25) is 0 Å². The van der Waals surface area contributed by atoms with Gasteiger partial charge in [-0.3, -0.25) is 0 Å². The minimum absolute atomic E-state index is 0.0116. The van der Waals surface area contributed by atoms with Gasteiger partial charge in [0.15, 0.2) is 6.35 Å². The number of nitrogens with zero attached hydrogens (tertiary/aromatic N) is 2. The molecule has 0 bridgehead atoms. The normalized spacial score (nSPS) is 35.4. The zero-order valence-corrected chi connectivity index (χ0v) is 5.82. The molecule has 0 amide bonds. The minimum atomic E-state index is -0.0116. The maximum atomic E-state index is 5.32. The second-order valence-corrected chi connectivity index (χ2v) is 2.45.